The number of piperazine rings is 2. The van der Waals surface area contributed by atoms with Gasteiger partial charge in [-0.05, 0) is 50.3 Å². The van der Waals surface area contributed by atoms with Crippen molar-refractivity contribution in [3.63, 3.8) is 0 Å². The smallest absolute Gasteiger partial charge is 0.243 e. The average Bonchev–Trinajstić information content (AvgIpc) is 3.28. The third kappa shape index (κ3) is 6.35. The van der Waals surface area contributed by atoms with Crippen molar-refractivity contribution in [2.24, 2.45) is 0 Å². The molecule has 0 aromatic heterocycles. The number of nitrogens with zero attached hydrogens (tertiary/aromatic N) is 6. The Kier molecular flexibility index (Phi) is 8.81. The monoisotopic (exact) mass is 606 g/mol. The average molecular weight is 607 g/mol. The fraction of sp³-hybridized carbons (Fsp3) is 0.519. The minimum absolute atomic E-state index is 0.344. The van der Waals surface area contributed by atoms with Gasteiger partial charge in [-0.1, -0.05) is 35.4 Å². The number of benzene rings is 2. The third-order valence-corrected chi connectivity index (χ3v) is 12.2. The number of aryl methyl sites for hydroxylation is 2. The number of hydrogen-bond donors (Lipinski definition) is 0. The van der Waals surface area contributed by atoms with Crippen LogP contribution in [0.15, 0.2) is 58.3 Å². The Morgan fingerprint density at radius 1 is 0.550 bits per heavy atom. The van der Waals surface area contributed by atoms with Crippen LogP contribution in [0.5, 0.6) is 0 Å². The summed E-state index contributed by atoms with van der Waals surface area (Å²) >= 11 is 5.80. The SMILES string of the molecule is Cc1ccc(S(=O)(=O)N2CCN(CN3CCN(CN4CCN(S(=O)(=O)c5ccc(C)cc5)CC4)C3=S)CC2)cc1. The van der Waals surface area contributed by atoms with E-state index in [9.17, 15) is 16.8 Å². The molecule has 3 aliphatic heterocycles. The molecule has 40 heavy (non-hydrogen) atoms. The zero-order valence-corrected chi connectivity index (χ0v) is 25.6. The van der Waals surface area contributed by atoms with E-state index in [4.69, 9.17) is 12.2 Å². The quantitative estimate of drug-likeness (QED) is 0.415. The molecule has 2 aromatic carbocycles. The topological polar surface area (TPSA) is 87.7 Å². The van der Waals surface area contributed by atoms with Crippen LogP contribution in [-0.2, 0) is 20.0 Å². The van der Waals surface area contributed by atoms with Crippen molar-refractivity contribution in [3.8, 4) is 0 Å². The first-order valence-electron chi connectivity index (χ1n) is 13.7. The highest BCUT2D eigenvalue weighted by Gasteiger charge is 2.33. The Morgan fingerprint density at radius 2 is 0.875 bits per heavy atom. The van der Waals surface area contributed by atoms with Crippen molar-refractivity contribution in [3.05, 3.63) is 59.7 Å². The summed E-state index contributed by atoms with van der Waals surface area (Å²) < 4.78 is 55.2. The molecular weight excluding hydrogens is 569 g/mol. The molecule has 13 heteroatoms. The van der Waals surface area contributed by atoms with E-state index < -0.39 is 20.0 Å². The molecular formula is C27H38N6O4S3. The molecule has 3 fully saturated rings. The van der Waals surface area contributed by atoms with Gasteiger partial charge in [0, 0.05) is 65.4 Å². The van der Waals surface area contributed by atoms with Crippen LogP contribution in [0.4, 0.5) is 0 Å². The van der Waals surface area contributed by atoms with Crippen LogP contribution in [0.25, 0.3) is 0 Å². The Labute approximate surface area is 243 Å². The first-order chi connectivity index (χ1) is 19.0. The third-order valence-electron chi connectivity index (χ3n) is 7.90. The largest absolute Gasteiger partial charge is 0.334 e. The Balaban J connectivity index is 1.07. The summed E-state index contributed by atoms with van der Waals surface area (Å²) in [4.78, 5) is 9.56. The lowest BCUT2D eigenvalue weighted by Crippen LogP contribution is -2.53. The normalized spacial score (nSPS) is 20.9. The molecule has 0 spiro atoms. The van der Waals surface area contributed by atoms with E-state index in [-0.39, 0.29) is 0 Å². The zero-order chi connectivity index (χ0) is 28.5. The van der Waals surface area contributed by atoms with Crippen LogP contribution in [0.3, 0.4) is 0 Å². The molecule has 0 unspecified atom stereocenters. The Hall–Kier alpha value is -2.13. The van der Waals surface area contributed by atoms with E-state index >= 15 is 0 Å². The highest BCUT2D eigenvalue weighted by Crippen LogP contribution is 2.21. The van der Waals surface area contributed by atoms with Gasteiger partial charge in [0.2, 0.25) is 20.0 Å². The molecule has 218 valence electrons. The Morgan fingerprint density at radius 3 is 1.20 bits per heavy atom. The lowest BCUT2D eigenvalue weighted by Gasteiger charge is -2.37. The van der Waals surface area contributed by atoms with Gasteiger partial charge in [-0.25, -0.2) is 16.8 Å². The van der Waals surface area contributed by atoms with Crippen molar-refractivity contribution in [2.45, 2.75) is 23.6 Å². The predicted molar refractivity (Wildman–Crippen MR) is 159 cm³/mol. The lowest BCUT2D eigenvalue weighted by atomic mass is 10.2. The molecule has 0 amide bonds. The van der Waals surface area contributed by atoms with E-state index in [2.05, 4.69) is 19.6 Å². The standard InChI is InChI=1S/C27H38N6O4S3/c1-23-3-7-25(8-4-23)39(34,35)32-17-11-28(12-18-32)21-30-15-16-31(27(30)38)22-29-13-19-33(20-14-29)40(36,37)26-9-5-24(2)6-10-26/h3-10H,11-22H2,1-2H3. The fourth-order valence-electron chi connectivity index (χ4n) is 5.32. The number of hydrogen-bond acceptors (Lipinski definition) is 7. The highest BCUT2D eigenvalue weighted by molar-refractivity contribution is 7.89. The number of thiocarbonyl (C=S) groups is 1. The van der Waals surface area contributed by atoms with Gasteiger partial charge >= 0.3 is 0 Å². The molecule has 10 nitrogen and oxygen atoms in total. The van der Waals surface area contributed by atoms with Gasteiger partial charge in [0.25, 0.3) is 0 Å². The molecule has 0 aliphatic carbocycles. The van der Waals surface area contributed by atoms with Gasteiger partial charge in [-0.15, -0.1) is 0 Å². The van der Waals surface area contributed by atoms with Gasteiger partial charge in [0.1, 0.15) is 0 Å². The second kappa shape index (κ2) is 12.0. The molecule has 3 aliphatic rings. The van der Waals surface area contributed by atoms with Gasteiger partial charge in [-0.2, -0.15) is 8.61 Å². The van der Waals surface area contributed by atoms with Crippen LogP contribution in [0, 0.1) is 13.8 Å². The summed E-state index contributed by atoms with van der Waals surface area (Å²) in [5.41, 5.74) is 2.07. The van der Waals surface area contributed by atoms with Crippen LogP contribution < -0.4 is 0 Å². The lowest BCUT2D eigenvalue weighted by molar-refractivity contribution is 0.138. The molecule has 5 rings (SSSR count). The minimum atomic E-state index is -3.48. The van der Waals surface area contributed by atoms with Gasteiger partial charge in [-0.3, -0.25) is 9.80 Å². The van der Waals surface area contributed by atoms with Crippen molar-refractivity contribution >= 4 is 37.4 Å². The summed E-state index contributed by atoms with van der Waals surface area (Å²) in [5.74, 6) is 0. The molecule has 0 atom stereocenters. The van der Waals surface area contributed by atoms with E-state index in [1.165, 1.54) is 0 Å². The molecule has 0 bridgehead atoms. The van der Waals surface area contributed by atoms with Crippen molar-refractivity contribution in [1.82, 2.24) is 28.2 Å². The summed E-state index contributed by atoms with van der Waals surface area (Å²) in [6.07, 6.45) is 0. The van der Waals surface area contributed by atoms with E-state index in [0.29, 0.717) is 75.5 Å². The number of rotatable bonds is 8. The molecule has 3 heterocycles. The van der Waals surface area contributed by atoms with Crippen LogP contribution in [0.1, 0.15) is 11.1 Å². The van der Waals surface area contributed by atoms with Gasteiger partial charge in [0.15, 0.2) is 5.11 Å². The highest BCUT2D eigenvalue weighted by atomic mass is 32.2. The van der Waals surface area contributed by atoms with Crippen LogP contribution in [-0.4, -0.2) is 129 Å². The van der Waals surface area contributed by atoms with E-state index in [1.54, 1.807) is 32.9 Å². The van der Waals surface area contributed by atoms with E-state index in [0.717, 1.165) is 29.3 Å². The maximum Gasteiger partial charge on any atom is 0.243 e. The first-order valence-corrected chi connectivity index (χ1v) is 16.9. The molecule has 0 radical (unpaired) electrons. The summed E-state index contributed by atoms with van der Waals surface area (Å²) in [7, 11) is -6.97. The van der Waals surface area contributed by atoms with Gasteiger partial charge < -0.3 is 9.80 Å². The Bertz CT molecular complexity index is 1290. The predicted octanol–water partition coefficient (Wildman–Crippen LogP) is 1.43. The molecule has 0 saturated carbocycles. The number of sulfonamides is 2. The summed E-state index contributed by atoms with van der Waals surface area (Å²) in [5, 5.41) is 0.796. The second-order valence-electron chi connectivity index (χ2n) is 10.8. The summed E-state index contributed by atoms with van der Waals surface area (Å²) in [6.45, 7) is 11.3. The molecule has 2 aromatic rings. The van der Waals surface area contributed by atoms with Crippen molar-refractivity contribution < 1.29 is 16.8 Å². The van der Waals surface area contributed by atoms with Crippen molar-refractivity contribution in [2.75, 3.05) is 78.8 Å². The second-order valence-corrected chi connectivity index (χ2v) is 15.0. The van der Waals surface area contributed by atoms with E-state index in [1.807, 2.05) is 38.1 Å². The summed E-state index contributed by atoms with van der Waals surface area (Å²) in [6, 6.07) is 14.0. The molecule has 0 N–H and O–H groups in total. The maximum atomic E-state index is 13.0. The minimum Gasteiger partial charge on any atom is -0.334 e. The fourth-order valence-corrected chi connectivity index (χ4v) is 8.46. The maximum absolute atomic E-state index is 13.0. The van der Waals surface area contributed by atoms with Crippen LogP contribution in [0.2, 0.25) is 0 Å². The van der Waals surface area contributed by atoms with Gasteiger partial charge in [0.05, 0.1) is 23.1 Å². The molecule has 3 saturated heterocycles. The first kappa shape index (κ1) is 29.4. The van der Waals surface area contributed by atoms with Crippen LogP contribution >= 0.6 is 12.2 Å². The van der Waals surface area contributed by atoms with Crippen molar-refractivity contribution in [1.29, 1.82) is 0 Å². The zero-order valence-electron chi connectivity index (χ0n) is 23.1.